The summed E-state index contributed by atoms with van der Waals surface area (Å²) in [5.74, 6) is -0.258. The molecule has 1 fully saturated rings. The Bertz CT molecular complexity index is 511. The van der Waals surface area contributed by atoms with Crippen LogP contribution in [0.1, 0.15) is 50.2 Å². The fraction of sp³-hybridized carbons (Fsp3) is 0.588. The van der Waals surface area contributed by atoms with Gasteiger partial charge in [0.05, 0.1) is 12.0 Å². The number of rotatable bonds is 6. The van der Waals surface area contributed by atoms with Crippen LogP contribution in [0.5, 0.6) is 0 Å². The molecule has 1 aliphatic rings. The Balaban J connectivity index is 2.03. The summed E-state index contributed by atoms with van der Waals surface area (Å²) in [6, 6.07) is 5.34. The summed E-state index contributed by atoms with van der Waals surface area (Å²) in [5.41, 5.74) is -0.0311. The summed E-state index contributed by atoms with van der Waals surface area (Å²) in [5, 5.41) is 0. The molecule has 2 nitrogen and oxygen atoms in total. The molecule has 1 aliphatic heterocycles. The molecule has 0 spiro atoms. The SMILES string of the molecule is CCCCC[C@H]1OC(=O)C[C@@H]1Cc1cccc(C(F)(F)F)c1. The Morgan fingerprint density at radius 2 is 2.05 bits per heavy atom. The van der Waals surface area contributed by atoms with Gasteiger partial charge in [0.25, 0.3) is 0 Å². The summed E-state index contributed by atoms with van der Waals surface area (Å²) >= 11 is 0. The summed E-state index contributed by atoms with van der Waals surface area (Å²) in [6.07, 6.45) is 0.187. The molecule has 22 heavy (non-hydrogen) atoms. The molecule has 1 aromatic carbocycles. The van der Waals surface area contributed by atoms with Gasteiger partial charge in [-0.3, -0.25) is 4.79 Å². The Morgan fingerprint density at radius 1 is 1.27 bits per heavy atom. The molecular weight excluding hydrogens is 293 g/mol. The third-order valence-corrected chi connectivity index (χ3v) is 4.08. The van der Waals surface area contributed by atoms with Crippen molar-refractivity contribution in [1.82, 2.24) is 0 Å². The van der Waals surface area contributed by atoms with Gasteiger partial charge in [-0.05, 0) is 30.9 Å². The molecule has 2 atom stereocenters. The van der Waals surface area contributed by atoms with E-state index in [0.717, 1.165) is 31.7 Å². The quantitative estimate of drug-likeness (QED) is 0.559. The van der Waals surface area contributed by atoms with Crippen molar-refractivity contribution in [3.63, 3.8) is 0 Å². The number of unbranched alkanes of at least 4 members (excludes halogenated alkanes) is 2. The van der Waals surface area contributed by atoms with Gasteiger partial charge in [-0.2, -0.15) is 13.2 Å². The molecule has 1 aromatic rings. The minimum atomic E-state index is -4.33. The predicted octanol–water partition coefficient (Wildman–Crippen LogP) is 4.76. The van der Waals surface area contributed by atoms with Crippen LogP contribution in [0, 0.1) is 5.92 Å². The number of ether oxygens (including phenoxy) is 1. The first kappa shape index (κ1) is 16.8. The van der Waals surface area contributed by atoms with E-state index in [-0.39, 0.29) is 18.0 Å². The van der Waals surface area contributed by atoms with E-state index in [0.29, 0.717) is 18.4 Å². The lowest BCUT2D eigenvalue weighted by Gasteiger charge is -2.18. The van der Waals surface area contributed by atoms with Gasteiger partial charge in [-0.15, -0.1) is 0 Å². The van der Waals surface area contributed by atoms with Gasteiger partial charge in [-0.1, -0.05) is 38.0 Å². The second-order valence-electron chi connectivity index (χ2n) is 5.89. The summed E-state index contributed by atoms with van der Waals surface area (Å²) in [7, 11) is 0. The first-order valence-corrected chi connectivity index (χ1v) is 7.75. The van der Waals surface area contributed by atoms with Crippen molar-refractivity contribution in [2.45, 2.75) is 57.7 Å². The molecule has 122 valence electrons. The second-order valence-corrected chi connectivity index (χ2v) is 5.89. The lowest BCUT2D eigenvalue weighted by molar-refractivity contribution is -0.141. The van der Waals surface area contributed by atoms with Crippen molar-refractivity contribution in [2.75, 3.05) is 0 Å². The van der Waals surface area contributed by atoms with E-state index in [9.17, 15) is 18.0 Å². The van der Waals surface area contributed by atoms with Crippen molar-refractivity contribution in [3.05, 3.63) is 35.4 Å². The number of esters is 1. The van der Waals surface area contributed by atoms with Crippen LogP contribution in [0.3, 0.4) is 0 Å². The number of carbonyl (C=O) groups excluding carboxylic acids is 1. The Hall–Kier alpha value is -1.52. The van der Waals surface area contributed by atoms with Gasteiger partial charge in [0, 0.05) is 5.92 Å². The molecule has 0 unspecified atom stereocenters. The predicted molar refractivity (Wildman–Crippen MR) is 77.3 cm³/mol. The van der Waals surface area contributed by atoms with Gasteiger partial charge >= 0.3 is 12.1 Å². The molecule has 0 radical (unpaired) electrons. The van der Waals surface area contributed by atoms with Crippen LogP contribution in [0.25, 0.3) is 0 Å². The van der Waals surface area contributed by atoms with Crippen LogP contribution in [-0.4, -0.2) is 12.1 Å². The summed E-state index contributed by atoms with van der Waals surface area (Å²) in [4.78, 5) is 11.5. The number of benzene rings is 1. The Kier molecular flexibility index (Phi) is 5.48. The van der Waals surface area contributed by atoms with Crippen LogP contribution in [0.2, 0.25) is 0 Å². The van der Waals surface area contributed by atoms with Gasteiger partial charge < -0.3 is 4.74 Å². The second kappa shape index (κ2) is 7.16. The van der Waals surface area contributed by atoms with E-state index in [1.54, 1.807) is 6.07 Å². The standard InChI is InChI=1S/C17H21F3O2/c1-2-3-4-8-15-13(11-16(21)22-15)9-12-6-5-7-14(10-12)17(18,19)20/h5-7,10,13,15H,2-4,8-9,11H2,1H3/t13-,15+/m0/s1. The Labute approximate surface area is 128 Å². The highest BCUT2D eigenvalue weighted by Gasteiger charge is 2.35. The lowest BCUT2D eigenvalue weighted by atomic mass is 9.90. The van der Waals surface area contributed by atoms with Gasteiger partial charge in [0.1, 0.15) is 6.10 Å². The molecule has 0 aromatic heterocycles. The van der Waals surface area contributed by atoms with Crippen LogP contribution in [0.4, 0.5) is 13.2 Å². The van der Waals surface area contributed by atoms with E-state index in [2.05, 4.69) is 6.92 Å². The third-order valence-electron chi connectivity index (χ3n) is 4.08. The zero-order valence-corrected chi connectivity index (χ0v) is 12.7. The number of cyclic esters (lactones) is 1. The maximum atomic E-state index is 12.7. The zero-order valence-electron chi connectivity index (χ0n) is 12.7. The van der Waals surface area contributed by atoms with Crippen LogP contribution >= 0.6 is 0 Å². The molecule has 2 rings (SSSR count). The normalized spacial score (nSPS) is 21.9. The maximum Gasteiger partial charge on any atom is 0.416 e. The molecule has 1 heterocycles. The fourth-order valence-corrected chi connectivity index (χ4v) is 2.93. The average Bonchev–Trinajstić information content (AvgIpc) is 2.78. The van der Waals surface area contributed by atoms with E-state index >= 15 is 0 Å². The largest absolute Gasteiger partial charge is 0.462 e. The monoisotopic (exact) mass is 314 g/mol. The number of halogens is 3. The first-order chi connectivity index (χ1) is 10.4. The number of hydrogen-bond acceptors (Lipinski definition) is 2. The molecule has 0 saturated carbocycles. The number of alkyl halides is 3. The average molecular weight is 314 g/mol. The highest BCUT2D eigenvalue weighted by Crippen LogP contribution is 2.33. The van der Waals surface area contributed by atoms with Crippen LogP contribution in [-0.2, 0) is 22.1 Å². The number of hydrogen-bond donors (Lipinski definition) is 0. The van der Waals surface area contributed by atoms with E-state index in [1.165, 1.54) is 12.1 Å². The van der Waals surface area contributed by atoms with E-state index in [4.69, 9.17) is 4.74 Å². The lowest BCUT2D eigenvalue weighted by Crippen LogP contribution is -2.18. The van der Waals surface area contributed by atoms with Crippen LogP contribution < -0.4 is 0 Å². The molecule has 0 N–H and O–H groups in total. The van der Waals surface area contributed by atoms with E-state index < -0.39 is 11.7 Å². The summed E-state index contributed by atoms with van der Waals surface area (Å²) in [6.45, 7) is 2.10. The van der Waals surface area contributed by atoms with Crippen molar-refractivity contribution >= 4 is 5.97 Å². The first-order valence-electron chi connectivity index (χ1n) is 7.75. The van der Waals surface area contributed by atoms with Gasteiger partial charge in [0.2, 0.25) is 0 Å². The van der Waals surface area contributed by atoms with E-state index in [1.807, 2.05) is 0 Å². The molecular formula is C17H21F3O2. The highest BCUT2D eigenvalue weighted by atomic mass is 19.4. The minimum absolute atomic E-state index is 0.0205. The zero-order chi connectivity index (χ0) is 16.2. The van der Waals surface area contributed by atoms with Crippen LogP contribution in [0.15, 0.2) is 24.3 Å². The van der Waals surface area contributed by atoms with Crippen molar-refractivity contribution in [3.8, 4) is 0 Å². The third kappa shape index (κ3) is 4.49. The molecule has 0 amide bonds. The Morgan fingerprint density at radius 3 is 2.73 bits per heavy atom. The van der Waals surface area contributed by atoms with Gasteiger partial charge in [0.15, 0.2) is 0 Å². The van der Waals surface area contributed by atoms with Crippen molar-refractivity contribution < 1.29 is 22.7 Å². The molecule has 0 aliphatic carbocycles. The van der Waals surface area contributed by atoms with Gasteiger partial charge in [-0.25, -0.2) is 0 Å². The topological polar surface area (TPSA) is 26.3 Å². The van der Waals surface area contributed by atoms with Crippen molar-refractivity contribution in [1.29, 1.82) is 0 Å². The minimum Gasteiger partial charge on any atom is -0.462 e. The molecule has 0 bridgehead atoms. The molecule has 1 saturated heterocycles. The number of carbonyl (C=O) groups is 1. The highest BCUT2D eigenvalue weighted by molar-refractivity contribution is 5.72. The smallest absolute Gasteiger partial charge is 0.416 e. The fourth-order valence-electron chi connectivity index (χ4n) is 2.93. The summed E-state index contributed by atoms with van der Waals surface area (Å²) < 4.78 is 43.6. The molecule has 5 heteroatoms. The maximum absolute atomic E-state index is 12.7. The van der Waals surface area contributed by atoms with Crippen molar-refractivity contribution in [2.24, 2.45) is 5.92 Å².